The summed E-state index contributed by atoms with van der Waals surface area (Å²) in [4.78, 5) is 28.4. The molecule has 1 saturated heterocycles. The van der Waals surface area contributed by atoms with Crippen LogP contribution >= 0.6 is 11.6 Å². The Bertz CT molecular complexity index is 619. The van der Waals surface area contributed by atoms with Crippen LogP contribution in [-0.4, -0.2) is 61.0 Å². The van der Waals surface area contributed by atoms with Crippen molar-refractivity contribution < 1.29 is 9.59 Å². The Hall–Kier alpha value is -1.79. The van der Waals surface area contributed by atoms with Crippen LogP contribution in [0.2, 0.25) is 5.02 Å². The lowest BCUT2D eigenvalue weighted by atomic mass is 10.1. The Kier molecular flexibility index (Phi) is 6.07. The molecule has 6 nitrogen and oxygen atoms in total. The van der Waals surface area contributed by atoms with Crippen molar-refractivity contribution in [1.82, 2.24) is 15.1 Å². The summed E-state index contributed by atoms with van der Waals surface area (Å²) in [5, 5.41) is 6.05. The Morgan fingerprint density at radius 3 is 2.62 bits per heavy atom. The Morgan fingerprint density at radius 2 is 2.04 bits per heavy atom. The van der Waals surface area contributed by atoms with E-state index in [0.717, 1.165) is 6.42 Å². The van der Waals surface area contributed by atoms with Gasteiger partial charge in [0.15, 0.2) is 0 Å². The zero-order valence-corrected chi connectivity index (χ0v) is 15.4. The highest BCUT2D eigenvalue weighted by Gasteiger charge is 2.27. The highest BCUT2D eigenvalue weighted by atomic mass is 35.5. The molecular weight excluding hydrogens is 328 g/mol. The second-order valence-electron chi connectivity index (χ2n) is 6.61. The van der Waals surface area contributed by atoms with E-state index >= 15 is 0 Å². The third-order valence-electron chi connectivity index (χ3n) is 4.07. The summed E-state index contributed by atoms with van der Waals surface area (Å²) in [5.74, 6) is -0.189. The Labute approximate surface area is 148 Å². The first kappa shape index (κ1) is 18.5. The Morgan fingerprint density at radius 1 is 1.33 bits per heavy atom. The summed E-state index contributed by atoms with van der Waals surface area (Å²) in [6, 6.07) is 5.10. The fraction of sp³-hybridized carbons (Fsp3) is 0.529. The normalized spacial score (nSPS) is 17.5. The summed E-state index contributed by atoms with van der Waals surface area (Å²) in [6.07, 6.45) is 0.949. The van der Waals surface area contributed by atoms with Gasteiger partial charge < -0.3 is 20.4 Å². The number of likely N-dealkylation sites (N-methyl/N-ethyl adjacent to an activating group) is 1. The molecule has 0 aromatic heterocycles. The van der Waals surface area contributed by atoms with E-state index < -0.39 is 0 Å². The van der Waals surface area contributed by atoms with Gasteiger partial charge in [0, 0.05) is 30.7 Å². The van der Waals surface area contributed by atoms with Crippen molar-refractivity contribution in [3.05, 3.63) is 28.8 Å². The molecule has 0 aliphatic carbocycles. The van der Waals surface area contributed by atoms with Crippen LogP contribution in [0.4, 0.5) is 10.5 Å². The van der Waals surface area contributed by atoms with Gasteiger partial charge in [-0.05, 0) is 52.6 Å². The molecule has 1 aromatic rings. The van der Waals surface area contributed by atoms with E-state index in [1.165, 1.54) is 0 Å². The van der Waals surface area contributed by atoms with Gasteiger partial charge in [-0.25, -0.2) is 4.79 Å². The van der Waals surface area contributed by atoms with Crippen molar-refractivity contribution in [2.24, 2.45) is 0 Å². The molecule has 1 aromatic carbocycles. The third kappa shape index (κ3) is 4.61. The molecule has 1 aliphatic rings. The van der Waals surface area contributed by atoms with Crippen molar-refractivity contribution >= 4 is 29.2 Å². The number of nitrogens with zero attached hydrogens (tertiary/aromatic N) is 2. The molecule has 24 heavy (non-hydrogen) atoms. The first-order valence-corrected chi connectivity index (χ1v) is 8.48. The number of anilines is 1. The van der Waals surface area contributed by atoms with E-state index in [2.05, 4.69) is 15.5 Å². The molecule has 1 heterocycles. The number of carbonyl (C=O) groups is 2. The third-order valence-corrected chi connectivity index (χ3v) is 4.40. The quantitative estimate of drug-likeness (QED) is 0.875. The number of likely N-dealkylation sites (tertiary alicyclic amines) is 1. The number of hydrogen-bond acceptors (Lipinski definition) is 3. The van der Waals surface area contributed by atoms with E-state index in [1.807, 2.05) is 27.9 Å². The molecule has 1 unspecified atom stereocenters. The first-order chi connectivity index (χ1) is 11.3. The van der Waals surface area contributed by atoms with Crippen LogP contribution < -0.4 is 10.6 Å². The minimum atomic E-state index is -0.192. The van der Waals surface area contributed by atoms with Crippen LogP contribution in [0.15, 0.2) is 18.2 Å². The zero-order chi connectivity index (χ0) is 17.9. The Balaban J connectivity index is 2.06. The lowest BCUT2D eigenvalue weighted by molar-refractivity contribution is 0.0943. The fourth-order valence-corrected chi connectivity index (χ4v) is 2.81. The van der Waals surface area contributed by atoms with E-state index in [0.29, 0.717) is 35.4 Å². The van der Waals surface area contributed by atoms with E-state index in [1.54, 1.807) is 23.1 Å². The average molecular weight is 353 g/mol. The summed E-state index contributed by atoms with van der Waals surface area (Å²) >= 11 is 6.16. The molecule has 3 amide bonds. The monoisotopic (exact) mass is 352 g/mol. The molecule has 1 atom stereocenters. The van der Waals surface area contributed by atoms with Crippen molar-refractivity contribution in [2.75, 3.05) is 32.5 Å². The number of halogens is 1. The molecular formula is C17H25ClN4O2. The number of amides is 3. The molecule has 2 N–H and O–H groups in total. The molecule has 0 saturated carbocycles. The molecule has 2 rings (SSSR count). The summed E-state index contributed by atoms with van der Waals surface area (Å²) in [7, 11) is 4.03. The van der Waals surface area contributed by atoms with Gasteiger partial charge in [0.1, 0.15) is 0 Å². The van der Waals surface area contributed by atoms with Crippen LogP contribution in [0.5, 0.6) is 0 Å². The maximum atomic E-state index is 12.4. The largest absolute Gasteiger partial charge is 0.350 e. The van der Waals surface area contributed by atoms with Gasteiger partial charge >= 0.3 is 6.03 Å². The van der Waals surface area contributed by atoms with Crippen LogP contribution in [0.1, 0.15) is 30.6 Å². The van der Waals surface area contributed by atoms with Crippen molar-refractivity contribution in [1.29, 1.82) is 0 Å². The van der Waals surface area contributed by atoms with Crippen LogP contribution in [0.3, 0.4) is 0 Å². The molecule has 0 radical (unpaired) electrons. The maximum absolute atomic E-state index is 12.4. The van der Waals surface area contributed by atoms with Crippen molar-refractivity contribution in [3.63, 3.8) is 0 Å². The molecule has 7 heteroatoms. The predicted molar refractivity (Wildman–Crippen MR) is 96.7 cm³/mol. The zero-order valence-electron chi connectivity index (χ0n) is 14.6. The smallest absolute Gasteiger partial charge is 0.321 e. The maximum Gasteiger partial charge on any atom is 0.321 e. The van der Waals surface area contributed by atoms with Crippen LogP contribution in [-0.2, 0) is 0 Å². The van der Waals surface area contributed by atoms with E-state index in [-0.39, 0.29) is 18.0 Å². The number of benzene rings is 1. The van der Waals surface area contributed by atoms with Crippen molar-refractivity contribution in [3.8, 4) is 0 Å². The minimum absolute atomic E-state index is 0.0405. The first-order valence-electron chi connectivity index (χ1n) is 8.10. The summed E-state index contributed by atoms with van der Waals surface area (Å²) in [5.41, 5.74) is 0.919. The summed E-state index contributed by atoms with van der Waals surface area (Å²) in [6.45, 7) is 5.18. The van der Waals surface area contributed by atoms with Gasteiger partial charge in [0.05, 0.1) is 10.7 Å². The van der Waals surface area contributed by atoms with Gasteiger partial charge in [-0.3, -0.25) is 4.79 Å². The number of carbonyl (C=O) groups excluding carboxylic acids is 2. The number of urea groups is 1. The lowest BCUT2D eigenvalue weighted by Crippen LogP contribution is -2.37. The predicted octanol–water partition coefficient (Wildman–Crippen LogP) is 2.65. The molecule has 1 fully saturated rings. The van der Waals surface area contributed by atoms with Crippen LogP contribution in [0.25, 0.3) is 0 Å². The number of rotatable bonds is 4. The van der Waals surface area contributed by atoms with Gasteiger partial charge in [-0.1, -0.05) is 11.6 Å². The second-order valence-corrected chi connectivity index (χ2v) is 7.01. The minimum Gasteiger partial charge on any atom is -0.350 e. The average Bonchev–Trinajstić information content (AvgIpc) is 2.98. The highest BCUT2D eigenvalue weighted by Crippen LogP contribution is 2.24. The van der Waals surface area contributed by atoms with Crippen LogP contribution in [0, 0.1) is 0 Å². The highest BCUT2D eigenvalue weighted by molar-refractivity contribution is 6.33. The number of nitrogens with one attached hydrogen (secondary N) is 2. The summed E-state index contributed by atoms with van der Waals surface area (Å²) < 4.78 is 0. The fourth-order valence-electron chi connectivity index (χ4n) is 2.65. The molecule has 132 valence electrons. The number of hydrogen-bond donors (Lipinski definition) is 2. The van der Waals surface area contributed by atoms with Gasteiger partial charge in [0.25, 0.3) is 5.91 Å². The van der Waals surface area contributed by atoms with E-state index in [9.17, 15) is 9.59 Å². The van der Waals surface area contributed by atoms with Gasteiger partial charge in [-0.2, -0.15) is 0 Å². The van der Waals surface area contributed by atoms with Gasteiger partial charge in [0.2, 0.25) is 0 Å². The topological polar surface area (TPSA) is 64.7 Å². The molecule has 1 aliphatic heterocycles. The molecule has 0 bridgehead atoms. The lowest BCUT2D eigenvalue weighted by Gasteiger charge is -2.21. The van der Waals surface area contributed by atoms with Crippen molar-refractivity contribution in [2.45, 2.75) is 32.4 Å². The SMILES string of the molecule is CC(C)NC(=O)c1ccc(Cl)c(NC(=O)N2CCC(N(C)C)C2)c1. The molecule has 0 spiro atoms. The van der Waals surface area contributed by atoms with Gasteiger partial charge in [-0.15, -0.1) is 0 Å². The van der Waals surface area contributed by atoms with E-state index in [4.69, 9.17) is 11.6 Å². The second kappa shape index (κ2) is 7.85. The standard InChI is InChI=1S/C17H25ClN4O2/c1-11(2)19-16(23)12-5-6-14(18)15(9-12)20-17(24)22-8-7-13(10-22)21(3)4/h5-6,9,11,13H,7-8,10H2,1-4H3,(H,19,23)(H,20,24).